The lowest BCUT2D eigenvalue weighted by Gasteiger charge is -2.40. The average Bonchev–Trinajstić information content (AvgIpc) is 3.10. The number of carbonyl (C=O) groups excluding carboxylic acids is 1. The number of carbonyl (C=O) groups is 1. The Hall–Kier alpha value is -3.30. The van der Waals surface area contributed by atoms with Crippen LogP contribution in [0.2, 0.25) is 0 Å². The van der Waals surface area contributed by atoms with Gasteiger partial charge in [-0.3, -0.25) is 4.79 Å². The molecule has 0 bridgehead atoms. The van der Waals surface area contributed by atoms with Crippen LogP contribution in [0.15, 0.2) is 48.5 Å². The second kappa shape index (κ2) is 11.0. The van der Waals surface area contributed by atoms with Crippen molar-refractivity contribution in [2.24, 2.45) is 17.8 Å². The van der Waals surface area contributed by atoms with Gasteiger partial charge in [-0.1, -0.05) is 49.7 Å². The molecule has 5 rings (SSSR count). The Kier molecular flexibility index (Phi) is 7.53. The Morgan fingerprint density at radius 3 is 2.73 bits per heavy atom. The van der Waals surface area contributed by atoms with Crippen molar-refractivity contribution in [2.75, 3.05) is 20.2 Å². The molecule has 1 aliphatic heterocycles. The minimum Gasteiger partial charge on any atom is -0.469 e. The molecule has 1 aromatic heterocycles. The number of aromatic nitrogens is 1. The highest BCUT2D eigenvalue weighted by molar-refractivity contribution is 5.88. The number of esters is 1. The quantitative estimate of drug-likeness (QED) is 0.280. The maximum Gasteiger partial charge on any atom is 0.311 e. The number of nitriles is 1. The monoisotopic (exact) mass is 499 g/mol. The van der Waals surface area contributed by atoms with Gasteiger partial charge in [0, 0.05) is 29.9 Å². The molecule has 0 spiro atoms. The van der Waals surface area contributed by atoms with Crippen LogP contribution in [0.3, 0.4) is 0 Å². The van der Waals surface area contributed by atoms with E-state index in [4.69, 9.17) is 4.74 Å². The number of para-hydroxylation sites is 2. The number of aliphatic hydroxyl groups excluding tert-OH is 1. The van der Waals surface area contributed by atoms with Crippen LogP contribution in [-0.2, 0) is 28.8 Å². The first kappa shape index (κ1) is 25.4. The van der Waals surface area contributed by atoms with Crippen molar-refractivity contribution in [3.8, 4) is 11.9 Å². The Bertz CT molecular complexity index is 1310. The van der Waals surface area contributed by atoms with Crippen LogP contribution in [0.1, 0.15) is 49.4 Å². The van der Waals surface area contributed by atoms with E-state index in [2.05, 4.69) is 66.2 Å². The van der Waals surface area contributed by atoms with E-state index in [1.807, 2.05) is 4.90 Å². The van der Waals surface area contributed by atoms with Gasteiger partial charge in [-0.2, -0.15) is 5.26 Å². The second-order valence-corrected chi connectivity index (χ2v) is 10.6. The van der Waals surface area contributed by atoms with Crippen LogP contribution in [0.25, 0.3) is 16.6 Å². The van der Waals surface area contributed by atoms with E-state index < -0.39 is 12.0 Å². The number of nitrogens with zero attached hydrogens (tertiary/aromatic N) is 3. The lowest BCUT2D eigenvalue weighted by molar-refractivity contribution is -0.156. The van der Waals surface area contributed by atoms with E-state index >= 15 is 0 Å². The zero-order chi connectivity index (χ0) is 25.9. The maximum atomic E-state index is 12.4. The Morgan fingerprint density at radius 2 is 1.95 bits per heavy atom. The van der Waals surface area contributed by atoms with Crippen LogP contribution < -0.4 is 0 Å². The van der Waals surface area contributed by atoms with Gasteiger partial charge in [0.1, 0.15) is 0 Å². The summed E-state index contributed by atoms with van der Waals surface area (Å²) in [5.41, 5.74) is 6.60. The zero-order valence-corrected chi connectivity index (χ0v) is 21.9. The number of benzene rings is 2. The Labute approximate surface area is 219 Å². The van der Waals surface area contributed by atoms with E-state index in [0.29, 0.717) is 19.5 Å². The normalized spacial score (nSPS) is 23.0. The summed E-state index contributed by atoms with van der Waals surface area (Å²) in [6.45, 7) is 3.30. The number of aliphatic hydroxyl groups is 1. The van der Waals surface area contributed by atoms with Crippen LogP contribution in [0.5, 0.6) is 0 Å². The first-order valence-corrected chi connectivity index (χ1v) is 13.7. The molecule has 1 N–H and O–H groups in total. The zero-order valence-electron chi connectivity index (χ0n) is 21.9. The lowest BCUT2D eigenvalue weighted by atomic mass is 9.69. The van der Waals surface area contributed by atoms with Crippen LogP contribution in [0, 0.1) is 29.2 Å². The summed E-state index contributed by atoms with van der Waals surface area (Å²) in [4.78, 5) is 14.3. The van der Waals surface area contributed by atoms with Crippen molar-refractivity contribution in [3.05, 3.63) is 65.4 Å². The predicted octanol–water partition coefficient (Wildman–Crippen LogP) is 5.03. The molecule has 3 aromatic rings. The van der Waals surface area contributed by atoms with Gasteiger partial charge < -0.3 is 19.3 Å². The summed E-state index contributed by atoms with van der Waals surface area (Å²) in [6, 6.07) is 17.3. The molecule has 0 amide bonds. The summed E-state index contributed by atoms with van der Waals surface area (Å²) >= 11 is 0. The van der Waals surface area contributed by atoms with Crippen LogP contribution in [-0.4, -0.2) is 46.8 Å². The molecule has 0 unspecified atom stereocenters. The molecule has 0 radical (unpaired) electrons. The van der Waals surface area contributed by atoms with Crippen molar-refractivity contribution in [2.45, 2.75) is 58.0 Å². The van der Waals surface area contributed by atoms with Gasteiger partial charge in [0.05, 0.1) is 24.6 Å². The molecule has 4 atom stereocenters. The molecule has 1 aliphatic carbocycles. The molecule has 2 aromatic carbocycles. The maximum absolute atomic E-state index is 12.4. The van der Waals surface area contributed by atoms with E-state index in [-0.39, 0.29) is 17.8 Å². The van der Waals surface area contributed by atoms with Crippen molar-refractivity contribution >= 4 is 16.9 Å². The summed E-state index contributed by atoms with van der Waals surface area (Å²) < 4.78 is 7.46. The first-order valence-electron chi connectivity index (χ1n) is 13.7. The molecule has 2 heterocycles. The molecule has 0 saturated heterocycles. The van der Waals surface area contributed by atoms with E-state index in [0.717, 1.165) is 38.5 Å². The predicted molar refractivity (Wildman–Crippen MR) is 144 cm³/mol. The van der Waals surface area contributed by atoms with Crippen LogP contribution >= 0.6 is 0 Å². The van der Waals surface area contributed by atoms with E-state index in [9.17, 15) is 15.2 Å². The Balaban J connectivity index is 1.40. The third-order valence-corrected chi connectivity index (χ3v) is 8.67. The average molecular weight is 500 g/mol. The molecule has 2 aliphatic rings. The molecule has 1 fully saturated rings. The fourth-order valence-corrected chi connectivity index (χ4v) is 6.91. The summed E-state index contributed by atoms with van der Waals surface area (Å²) in [5.74, 6) is -0.668. The number of aryl methyl sites for hydroxylation is 1. The molecular weight excluding hydrogens is 462 g/mol. The highest BCUT2D eigenvalue weighted by Crippen LogP contribution is 2.39. The molecule has 194 valence electrons. The number of fused-ring (bicyclic) bond motifs is 5. The summed E-state index contributed by atoms with van der Waals surface area (Å²) in [6.07, 6.45) is 7.91. The minimum absolute atomic E-state index is 0.00938. The van der Waals surface area contributed by atoms with Gasteiger partial charge in [0.2, 0.25) is 0 Å². The second-order valence-electron chi connectivity index (χ2n) is 10.6. The number of ether oxygens (including phenoxy) is 1. The molecule has 6 nitrogen and oxygen atoms in total. The van der Waals surface area contributed by atoms with Crippen molar-refractivity contribution in [3.63, 3.8) is 0 Å². The highest BCUT2D eigenvalue weighted by Gasteiger charge is 2.43. The van der Waals surface area contributed by atoms with Crippen molar-refractivity contribution < 1.29 is 14.6 Å². The molecule has 37 heavy (non-hydrogen) atoms. The third-order valence-electron chi connectivity index (χ3n) is 8.67. The highest BCUT2D eigenvalue weighted by atomic mass is 16.5. The van der Waals surface area contributed by atoms with Gasteiger partial charge in [0.15, 0.2) is 6.19 Å². The number of rotatable bonds is 7. The minimum atomic E-state index is -0.671. The number of hydrogen-bond acceptors (Lipinski definition) is 5. The number of methoxy groups -OCH3 is 1. The van der Waals surface area contributed by atoms with Gasteiger partial charge in [-0.15, -0.1) is 0 Å². The fraction of sp³-hybridized carbons (Fsp3) is 0.484. The van der Waals surface area contributed by atoms with E-state index in [1.165, 1.54) is 40.5 Å². The smallest absolute Gasteiger partial charge is 0.311 e. The van der Waals surface area contributed by atoms with Crippen LogP contribution in [0.4, 0.5) is 0 Å². The Morgan fingerprint density at radius 1 is 1.16 bits per heavy atom. The molecule has 6 heteroatoms. The third kappa shape index (κ3) is 4.73. The van der Waals surface area contributed by atoms with Gasteiger partial charge >= 0.3 is 5.97 Å². The topological polar surface area (TPSA) is 78.5 Å². The largest absolute Gasteiger partial charge is 0.469 e. The van der Waals surface area contributed by atoms with E-state index in [1.54, 1.807) is 0 Å². The summed E-state index contributed by atoms with van der Waals surface area (Å²) in [7, 11) is 1.39. The first-order chi connectivity index (χ1) is 18.1. The van der Waals surface area contributed by atoms with Crippen molar-refractivity contribution in [1.29, 1.82) is 5.26 Å². The van der Waals surface area contributed by atoms with Crippen molar-refractivity contribution in [1.82, 2.24) is 9.47 Å². The van der Waals surface area contributed by atoms with Gasteiger partial charge in [0.25, 0.3) is 0 Å². The summed E-state index contributed by atoms with van der Waals surface area (Å²) in [5, 5.41) is 21.9. The van der Waals surface area contributed by atoms with Gasteiger partial charge in [-0.05, 0) is 73.6 Å². The SMILES string of the molecule is CC[C@H]1[C@H](CN(C#N)CCc2c3n(c4ccccc24)-c2ccccc2CCC3)CC[C@H](O)[C@@H]1C(=O)OC. The standard InChI is InChI=1S/C31H37N3O3/c1-3-23-22(15-16-29(35)30(23)31(36)37-2)19-33(20-32)18-17-25-24-11-5-7-13-27(24)34-26-12-6-4-9-21(26)10-8-14-28(25)34/h4-7,9,11-13,22-23,29-30,35H,3,8,10,14-19H2,1-2H3/t22-,23-,29-,30+/m0/s1. The molecule has 1 saturated carbocycles. The van der Waals surface area contributed by atoms with Gasteiger partial charge in [-0.25, -0.2) is 0 Å². The molecular formula is C31H37N3O3. The fourth-order valence-electron chi connectivity index (χ4n) is 6.91. The number of hydrogen-bond donors (Lipinski definition) is 1. The lowest BCUT2D eigenvalue weighted by Crippen LogP contribution is -2.46.